The molecule has 1 amide bonds. The van der Waals surface area contributed by atoms with Crippen molar-refractivity contribution in [1.82, 2.24) is 10.6 Å². The fraction of sp³-hybridized carbons (Fsp3) is 0.533. The first-order chi connectivity index (χ1) is 10.1. The van der Waals surface area contributed by atoms with Gasteiger partial charge in [0, 0.05) is 19.0 Å². The third-order valence-corrected chi connectivity index (χ3v) is 3.61. The Bertz CT molecular complexity index is 512. The normalized spacial score (nSPS) is 14.0. The Labute approximate surface area is 142 Å². The van der Waals surface area contributed by atoms with Gasteiger partial charge in [-0.25, -0.2) is 0 Å². The van der Waals surface area contributed by atoms with Crippen molar-refractivity contribution in [3.8, 4) is 11.5 Å². The van der Waals surface area contributed by atoms with Crippen LogP contribution in [0.5, 0.6) is 11.5 Å². The van der Waals surface area contributed by atoms with Crippen LogP contribution < -0.4 is 20.1 Å². The lowest BCUT2D eigenvalue weighted by Crippen LogP contribution is -2.35. The minimum atomic E-state index is -0.0427. The lowest BCUT2D eigenvalue weighted by Gasteiger charge is -2.20. The van der Waals surface area contributed by atoms with Gasteiger partial charge in [0.25, 0.3) is 0 Å². The van der Waals surface area contributed by atoms with Gasteiger partial charge >= 0.3 is 0 Å². The summed E-state index contributed by atoms with van der Waals surface area (Å²) >= 11 is 6.18. The molecule has 0 fully saturated rings. The minimum absolute atomic E-state index is 0. The highest BCUT2D eigenvalue weighted by atomic mass is 35.5. The summed E-state index contributed by atoms with van der Waals surface area (Å²) in [5, 5.41) is 6.46. The molecule has 0 spiro atoms. The Morgan fingerprint density at radius 3 is 2.82 bits per heavy atom. The number of halogens is 2. The van der Waals surface area contributed by atoms with Crippen molar-refractivity contribution in [2.45, 2.75) is 13.3 Å². The maximum Gasteiger partial charge on any atom is 0.224 e. The van der Waals surface area contributed by atoms with Crippen molar-refractivity contribution in [3.05, 3.63) is 22.7 Å². The summed E-state index contributed by atoms with van der Waals surface area (Å²) < 4.78 is 11.0. The maximum absolute atomic E-state index is 11.8. The molecule has 1 unspecified atom stereocenters. The summed E-state index contributed by atoms with van der Waals surface area (Å²) in [6.45, 7) is 4.19. The van der Waals surface area contributed by atoms with Crippen LogP contribution in [0.25, 0.3) is 0 Å². The van der Waals surface area contributed by atoms with Crippen molar-refractivity contribution in [2.75, 3.05) is 33.4 Å². The van der Waals surface area contributed by atoms with Crippen molar-refractivity contribution < 1.29 is 14.3 Å². The topological polar surface area (TPSA) is 59.6 Å². The molecule has 2 N–H and O–H groups in total. The molecule has 0 aliphatic carbocycles. The smallest absolute Gasteiger partial charge is 0.224 e. The first-order valence-electron chi connectivity index (χ1n) is 7.12. The summed E-state index contributed by atoms with van der Waals surface area (Å²) in [5.41, 5.74) is 1.02. The number of ether oxygens (including phenoxy) is 2. The molecule has 0 saturated carbocycles. The number of fused-ring (bicyclic) bond motifs is 1. The van der Waals surface area contributed by atoms with Crippen LogP contribution in [-0.2, 0) is 11.2 Å². The zero-order valence-corrected chi connectivity index (χ0v) is 14.4. The summed E-state index contributed by atoms with van der Waals surface area (Å²) in [6.07, 6.45) is 0.703. The molecule has 1 aliphatic rings. The van der Waals surface area contributed by atoms with Gasteiger partial charge in [-0.3, -0.25) is 4.79 Å². The van der Waals surface area contributed by atoms with Crippen LogP contribution in [-0.4, -0.2) is 39.3 Å². The molecule has 1 atom stereocenters. The average Bonchev–Trinajstić information content (AvgIpc) is 2.47. The van der Waals surface area contributed by atoms with Crippen LogP contribution in [0, 0.1) is 5.92 Å². The van der Waals surface area contributed by atoms with Crippen LogP contribution in [0.15, 0.2) is 12.1 Å². The first kappa shape index (κ1) is 18.9. The van der Waals surface area contributed by atoms with Crippen LogP contribution >= 0.6 is 24.0 Å². The summed E-state index contributed by atoms with van der Waals surface area (Å²) in [5.74, 6) is 1.30. The van der Waals surface area contributed by atoms with Gasteiger partial charge in [0.2, 0.25) is 5.91 Å². The predicted octanol–water partition coefficient (Wildman–Crippen LogP) is 2.05. The van der Waals surface area contributed by atoms with E-state index in [1.807, 2.05) is 26.1 Å². The van der Waals surface area contributed by atoms with E-state index in [9.17, 15) is 4.79 Å². The second-order valence-corrected chi connectivity index (χ2v) is 5.51. The van der Waals surface area contributed by atoms with E-state index in [-0.39, 0.29) is 24.2 Å². The van der Waals surface area contributed by atoms with Crippen LogP contribution in [0.4, 0.5) is 0 Å². The van der Waals surface area contributed by atoms with Gasteiger partial charge in [0.05, 0.1) is 5.02 Å². The van der Waals surface area contributed by atoms with Gasteiger partial charge in [-0.15, -0.1) is 12.4 Å². The number of nitrogens with one attached hydrogen (secondary N) is 2. The average molecular weight is 349 g/mol. The largest absolute Gasteiger partial charge is 0.486 e. The highest BCUT2D eigenvalue weighted by molar-refractivity contribution is 6.32. The molecular weight excluding hydrogens is 327 g/mol. The number of carbonyl (C=O) groups excluding carboxylic acids is 1. The zero-order chi connectivity index (χ0) is 15.2. The Hall–Kier alpha value is -1.17. The molecule has 0 aromatic heterocycles. The number of hydrogen-bond donors (Lipinski definition) is 2. The molecule has 5 nitrogen and oxygen atoms in total. The van der Waals surface area contributed by atoms with Crippen molar-refractivity contribution >= 4 is 29.9 Å². The third kappa shape index (κ3) is 4.93. The second kappa shape index (κ2) is 9.08. The standard InChI is InChI=1S/C15H21ClN2O3.ClH/c1-10(9-17-2)15(19)18-4-3-11-7-12(16)14-13(8-11)20-5-6-21-14;/h7-8,10,17H,3-6,9H2,1-2H3,(H,18,19);1H. The van der Waals surface area contributed by atoms with Crippen LogP contribution in [0.2, 0.25) is 5.02 Å². The highest BCUT2D eigenvalue weighted by Crippen LogP contribution is 2.38. The van der Waals surface area contributed by atoms with Gasteiger partial charge in [-0.05, 0) is 31.2 Å². The molecular formula is C15H22Cl2N2O3. The van der Waals surface area contributed by atoms with Gasteiger partial charge < -0.3 is 20.1 Å². The summed E-state index contributed by atoms with van der Waals surface area (Å²) in [4.78, 5) is 11.8. The number of amides is 1. The predicted molar refractivity (Wildman–Crippen MR) is 89.5 cm³/mol. The molecule has 1 aromatic rings. The SMILES string of the molecule is CNCC(C)C(=O)NCCc1cc(Cl)c2c(c1)OCCO2.Cl. The monoisotopic (exact) mass is 348 g/mol. The van der Waals surface area contributed by atoms with Gasteiger partial charge in [-0.2, -0.15) is 0 Å². The molecule has 1 aliphatic heterocycles. The van der Waals surface area contributed by atoms with E-state index < -0.39 is 0 Å². The molecule has 0 bridgehead atoms. The zero-order valence-electron chi connectivity index (χ0n) is 12.8. The molecule has 0 radical (unpaired) electrons. The second-order valence-electron chi connectivity index (χ2n) is 5.10. The maximum atomic E-state index is 11.8. The van der Waals surface area contributed by atoms with E-state index >= 15 is 0 Å². The van der Waals surface area contributed by atoms with Crippen molar-refractivity contribution in [2.24, 2.45) is 5.92 Å². The van der Waals surface area contributed by atoms with Gasteiger partial charge in [0.1, 0.15) is 13.2 Å². The molecule has 7 heteroatoms. The molecule has 0 saturated heterocycles. The Morgan fingerprint density at radius 2 is 2.09 bits per heavy atom. The quantitative estimate of drug-likeness (QED) is 0.825. The Balaban J connectivity index is 0.00000242. The number of rotatable bonds is 6. The van der Waals surface area contributed by atoms with E-state index in [1.54, 1.807) is 0 Å². The summed E-state index contributed by atoms with van der Waals surface area (Å²) in [7, 11) is 1.83. The molecule has 124 valence electrons. The lowest BCUT2D eigenvalue weighted by atomic mass is 10.1. The van der Waals surface area contributed by atoms with Crippen LogP contribution in [0.1, 0.15) is 12.5 Å². The molecule has 1 aromatic carbocycles. The van der Waals surface area contributed by atoms with E-state index in [4.69, 9.17) is 21.1 Å². The fourth-order valence-corrected chi connectivity index (χ4v) is 2.50. The van der Waals surface area contributed by atoms with Crippen molar-refractivity contribution in [3.63, 3.8) is 0 Å². The first-order valence-corrected chi connectivity index (χ1v) is 7.50. The summed E-state index contributed by atoms with van der Waals surface area (Å²) in [6, 6.07) is 3.78. The fourth-order valence-electron chi connectivity index (χ4n) is 2.21. The number of hydrogen-bond acceptors (Lipinski definition) is 4. The van der Waals surface area contributed by atoms with E-state index in [0.29, 0.717) is 49.2 Å². The lowest BCUT2D eigenvalue weighted by molar-refractivity contribution is -0.124. The molecule has 2 rings (SSSR count). The molecule has 22 heavy (non-hydrogen) atoms. The minimum Gasteiger partial charge on any atom is -0.486 e. The third-order valence-electron chi connectivity index (χ3n) is 3.33. The Morgan fingerprint density at radius 1 is 1.36 bits per heavy atom. The van der Waals surface area contributed by atoms with E-state index in [1.165, 1.54) is 0 Å². The van der Waals surface area contributed by atoms with Gasteiger partial charge in [0.15, 0.2) is 11.5 Å². The van der Waals surface area contributed by atoms with Gasteiger partial charge in [-0.1, -0.05) is 18.5 Å². The molecule has 1 heterocycles. The van der Waals surface area contributed by atoms with E-state index in [2.05, 4.69) is 10.6 Å². The number of carbonyl (C=O) groups is 1. The van der Waals surface area contributed by atoms with Crippen molar-refractivity contribution in [1.29, 1.82) is 0 Å². The van der Waals surface area contributed by atoms with E-state index in [0.717, 1.165) is 5.56 Å². The number of benzene rings is 1. The highest BCUT2D eigenvalue weighted by Gasteiger charge is 2.17. The Kier molecular flexibility index (Phi) is 7.79. The van der Waals surface area contributed by atoms with Crippen LogP contribution in [0.3, 0.4) is 0 Å².